The lowest BCUT2D eigenvalue weighted by molar-refractivity contribution is 1.13. The van der Waals surface area contributed by atoms with Crippen molar-refractivity contribution in [2.24, 2.45) is 0 Å². The molecule has 0 fully saturated rings. The summed E-state index contributed by atoms with van der Waals surface area (Å²) in [6.45, 7) is 0. The molecule has 4 rings (SSSR count). The predicted molar refractivity (Wildman–Crippen MR) is 123 cm³/mol. The van der Waals surface area contributed by atoms with Crippen molar-refractivity contribution in [2.45, 2.75) is 22.6 Å². The fraction of sp³-hybridized carbons (Fsp3) is 0.0769. The van der Waals surface area contributed by atoms with Gasteiger partial charge in [-0.15, -0.1) is 0 Å². The van der Waals surface area contributed by atoms with Crippen molar-refractivity contribution in [3.8, 4) is 0 Å². The second-order valence-electron chi connectivity index (χ2n) is 6.71. The summed E-state index contributed by atoms with van der Waals surface area (Å²) in [5.74, 6) is 0. The maximum atomic E-state index is 2.24. The molecule has 0 unspecified atom stereocenters. The lowest BCUT2D eigenvalue weighted by Gasteiger charge is -2.11. The van der Waals surface area contributed by atoms with E-state index in [0.717, 1.165) is 12.8 Å². The van der Waals surface area contributed by atoms with Crippen molar-refractivity contribution in [1.29, 1.82) is 0 Å². The van der Waals surface area contributed by atoms with Crippen LogP contribution < -0.4 is 0 Å². The van der Waals surface area contributed by atoms with Gasteiger partial charge in [-0.2, -0.15) is 0 Å². The summed E-state index contributed by atoms with van der Waals surface area (Å²) in [7, 11) is 3.72. The van der Waals surface area contributed by atoms with E-state index in [1.807, 2.05) is 21.6 Å². The minimum absolute atomic E-state index is 0.968. The predicted octanol–water partition coefficient (Wildman–Crippen LogP) is 7.67. The first-order chi connectivity index (χ1) is 13.9. The monoisotopic (exact) mass is 398 g/mol. The summed E-state index contributed by atoms with van der Waals surface area (Å²) in [6, 6.07) is 38.9. The molecule has 4 aromatic rings. The van der Waals surface area contributed by atoms with E-state index < -0.39 is 0 Å². The van der Waals surface area contributed by atoms with Crippen LogP contribution in [0.5, 0.6) is 0 Å². The van der Waals surface area contributed by atoms with Gasteiger partial charge in [-0.3, -0.25) is 0 Å². The highest BCUT2D eigenvalue weighted by Crippen LogP contribution is 2.41. The van der Waals surface area contributed by atoms with Crippen LogP contribution in [0.2, 0.25) is 0 Å². The van der Waals surface area contributed by atoms with Gasteiger partial charge in [0.2, 0.25) is 0 Å². The molecule has 0 atom stereocenters. The van der Waals surface area contributed by atoms with Crippen LogP contribution in [0, 0.1) is 0 Å². The van der Waals surface area contributed by atoms with Gasteiger partial charge in [0.05, 0.1) is 0 Å². The van der Waals surface area contributed by atoms with Crippen LogP contribution in [-0.2, 0) is 12.8 Å². The third-order valence-electron chi connectivity index (χ3n) is 4.64. The molecule has 0 bridgehead atoms. The third-order valence-corrected chi connectivity index (χ3v) is 7.21. The zero-order valence-electron chi connectivity index (χ0n) is 15.6. The first-order valence-corrected chi connectivity index (χ1v) is 11.6. The molecule has 0 aliphatic heterocycles. The Bertz CT molecular complexity index is 926. The SMILES string of the molecule is c1ccc(Cc2ccccc2SSc2ccccc2Cc2ccccc2)cc1. The molecule has 138 valence electrons. The molecule has 4 aromatic carbocycles. The molecule has 0 amide bonds. The molecule has 0 aromatic heterocycles. The van der Waals surface area contributed by atoms with Gasteiger partial charge in [-0.25, -0.2) is 0 Å². The van der Waals surface area contributed by atoms with Crippen LogP contribution in [0.4, 0.5) is 0 Å². The van der Waals surface area contributed by atoms with E-state index in [-0.39, 0.29) is 0 Å². The second-order valence-corrected chi connectivity index (χ2v) is 8.92. The molecule has 0 saturated carbocycles. The van der Waals surface area contributed by atoms with E-state index in [1.165, 1.54) is 32.0 Å². The third kappa shape index (κ3) is 5.09. The van der Waals surface area contributed by atoms with Crippen molar-refractivity contribution >= 4 is 21.6 Å². The fourth-order valence-corrected chi connectivity index (χ4v) is 5.64. The van der Waals surface area contributed by atoms with Gasteiger partial charge in [-0.05, 0) is 47.2 Å². The molecule has 0 radical (unpaired) electrons. The molecule has 0 N–H and O–H groups in total. The molecular formula is C26H22S2. The van der Waals surface area contributed by atoms with Gasteiger partial charge in [-0.1, -0.05) is 119 Å². The molecule has 0 aliphatic rings. The normalized spacial score (nSPS) is 10.7. The lowest BCUT2D eigenvalue weighted by Crippen LogP contribution is -1.91. The summed E-state index contributed by atoms with van der Waals surface area (Å²) in [6.07, 6.45) is 1.94. The standard InChI is InChI=1S/C26H22S2/c1-3-11-21(12-4-1)19-23-15-7-9-17-25(23)27-28-26-18-10-8-16-24(26)20-22-13-5-2-6-14-22/h1-18H,19-20H2. The zero-order valence-corrected chi connectivity index (χ0v) is 17.3. The summed E-state index contributed by atoms with van der Waals surface area (Å²) in [5, 5.41) is 0. The molecule has 0 heterocycles. The average Bonchev–Trinajstić information content (AvgIpc) is 2.76. The molecule has 0 nitrogen and oxygen atoms in total. The lowest BCUT2D eigenvalue weighted by atomic mass is 10.1. The van der Waals surface area contributed by atoms with Gasteiger partial charge < -0.3 is 0 Å². The van der Waals surface area contributed by atoms with Crippen LogP contribution in [0.25, 0.3) is 0 Å². The summed E-state index contributed by atoms with van der Waals surface area (Å²) < 4.78 is 0. The van der Waals surface area contributed by atoms with Crippen LogP contribution >= 0.6 is 21.6 Å². The average molecular weight is 399 g/mol. The molecule has 0 spiro atoms. The second kappa shape index (κ2) is 9.68. The van der Waals surface area contributed by atoms with Crippen molar-refractivity contribution in [2.75, 3.05) is 0 Å². The van der Waals surface area contributed by atoms with E-state index in [0.29, 0.717) is 0 Å². The van der Waals surface area contributed by atoms with Gasteiger partial charge in [0.1, 0.15) is 0 Å². The Hall–Kier alpha value is -2.42. The topological polar surface area (TPSA) is 0 Å². The molecule has 28 heavy (non-hydrogen) atoms. The Balaban J connectivity index is 1.50. The van der Waals surface area contributed by atoms with Crippen LogP contribution in [-0.4, -0.2) is 0 Å². The summed E-state index contributed by atoms with van der Waals surface area (Å²) in [5.41, 5.74) is 5.47. The molecule has 0 saturated heterocycles. The fourth-order valence-electron chi connectivity index (χ4n) is 3.18. The van der Waals surface area contributed by atoms with Gasteiger partial charge in [0, 0.05) is 9.79 Å². The van der Waals surface area contributed by atoms with Crippen LogP contribution in [0.15, 0.2) is 119 Å². The molecular weight excluding hydrogens is 376 g/mol. The first-order valence-electron chi connectivity index (χ1n) is 9.47. The molecule has 0 aliphatic carbocycles. The van der Waals surface area contributed by atoms with E-state index in [4.69, 9.17) is 0 Å². The Morgan fingerprint density at radius 2 is 0.750 bits per heavy atom. The number of benzene rings is 4. The Morgan fingerprint density at radius 3 is 1.18 bits per heavy atom. The maximum absolute atomic E-state index is 2.24. The highest BCUT2D eigenvalue weighted by molar-refractivity contribution is 8.76. The zero-order chi connectivity index (χ0) is 19.0. The van der Waals surface area contributed by atoms with Crippen molar-refractivity contribution in [3.05, 3.63) is 131 Å². The maximum Gasteiger partial charge on any atom is 0.0221 e. The number of hydrogen-bond donors (Lipinski definition) is 0. The van der Waals surface area contributed by atoms with Crippen LogP contribution in [0.3, 0.4) is 0 Å². The highest BCUT2D eigenvalue weighted by atomic mass is 33.1. The van der Waals surface area contributed by atoms with E-state index in [1.54, 1.807) is 0 Å². The molecule has 2 heteroatoms. The minimum atomic E-state index is 0.968. The van der Waals surface area contributed by atoms with E-state index in [2.05, 4.69) is 109 Å². The van der Waals surface area contributed by atoms with Crippen molar-refractivity contribution < 1.29 is 0 Å². The van der Waals surface area contributed by atoms with Gasteiger partial charge in [0.15, 0.2) is 0 Å². The Morgan fingerprint density at radius 1 is 0.393 bits per heavy atom. The summed E-state index contributed by atoms with van der Waals surface area (Å²) >= 11 is 0. The van der Waals surface area contributed by atoms with Gasteiger partial charge in [0.25, 0.3) is 0 Å². The van der Waals surface area contributed by atoms with Crippen LogP contribution in [0.1, 0.15) is 22.3 Å². The van der Waals surface area contributed by atoms with E-state index >= 15 is 0 Å². The Labute approximate surface area is 175 Å². The van der Waals surface area contributed by atoms with Crippen molar-refractivity contribution in [1.82, 2.24) is 0 Å². The Kier molecular flexibility index (Phi) is 6.54. The highest BCUT2D eigenvalue weighted by Gasteiger charge is 2.08. The minimum Gasteiger partial charge on any atom is -0.0622 e. The van der Waals surface area contributed by atoms with E-state index in [9.17, 15) is 0 Å². The number of hydrogen-bond acceptors (Lipinski definition) is 2. The summed E-state index contributed by atoms with van der Waals surface area (Å²) in [4.78, 5) is 2.68. The largest absolute Gasteiger partial charge is 0.0622 e. The smallest absolute Gasteiger partial charge is 0.0221 e. The number of rotatable bonds is 7. The first kappa shape index (κ1) is 18.9. The van der Waals surface area contributed by atoms with Crippen molar-refractivity contribution in [3.63, 3.8) is 0 Å². The van der Waals surface area contributed by atoms with Gasteiger partial charge >= 0.3 is 0 Å². The quantitative estimate of drug-likeness (QED) is 0.293.